The van der Waals surface area contributed by atoms with Gasteiger partial charge in [0, 0.05) is 4.47 Å². The van der Waals surface area contributed by atoms with Gasteiger partial charge in [-0.25, -0.2) is 0 Å². The van der Waals surface area contributed by atoms with Gasteiger partial charge >= 0.3 is 0 Å². The fourth-order valence-corrected chi connectivity index (χ4v) is 2.65. The lowest BCUT2D eigenvalue weighted by Crippen LogP contribution is -2.34. The van der Waals surface area contributed by atoms with Crippen LogP contribution in [0.15, 0.2) is 28.7 Å². The van der Waals surface area contributed by atoms with Crippen molar-refractivity contribution in [1.29, 1.82) is 0 Å². The zero-order valence-corrected chi connectivity index (χ0v) is 13.1. The van der Waals surface area contributed by atoms with Gasteiger partial charge in [0.15, 0.2) is 0 Å². The third-order valence-corrected chi connectivity index (χ3v) is 3.70. The maximum Gasteiger partial charge on any atom is 0.119 e. The Morgan fingerprint density at radius 3 is 2.37 bits per heavy atom. The van der Waals surface area contributed by atoms with E-state index in [4.69, 9.17) is 14.2 Å². The molecule has 0 N–H and O–H groups in total. The summed E-state index contributed by atoms with van der Waals surface area (Å²) in [5.41, 5.74) is 0. The first-order valence-corrected chi connectivity index (χ1v) is 7.58. The first kappa shape index (κ1) is 14.8. The van der Waals surface area contributed by atoms with Gasteiger partial charge in [-0.2, -0.15) is 0 Å². The minimum atomic E-state index is 0.293. The highest BCUT2D eigenvalue weighted by Crippen LogP contribution is 2.21. The summed E-state index contributed by atoms with van der Waals surface area (Å²) in [5, 5.41) is 0. The molecule has 0 radical (unpaired) electrons. The van der Waals surface area contributed by atoms with Crippen molar-refractivity contribution < 1.29 is 14.2 Å². The second-order valence-corrected chi connectivity index (χ2v) is 5.94. The van der Waals surface area contributed by atoms with Gasteiger partial charge in [-0.05, 0) is 51.0 Å². The molecule has 0 saturated carbocycles. The number of hydrogen-bond donors (Lipinski definition) is 0. The molecule has 19 heavy (non-hydrogen) atoms. The molecule has 0 spiro atoms. The van der Waals surface area contributed by atoms with E-state index in [0.29, 0.717) is 31.5 Å². The van der Waals surface area contributed by atoms with Gasteiger partial charge in [0.1, 0.15) is 12.4 Å². The largest absolute Gasteiger partial charge is 0.491 e. The lowest BCUT2D eigenvalue weighted by molar-refractivity contribution is -0.104. The number of ether oxygens (including phenoxy) is 3. The maximum absolute atomic E-state index is 5.85. The summed E-state index contributed by atoms with van der Waals surface area (Å²) in [4.78, 5) is 0. The molecule has 1 aromatic carbocycles. The van der Waals surface area contributed by atoms with Gasteiger partial charge in [0.25, 0.3) is 0 Å². The lowest BCUT2D eigenvalue weighted by atomic mass is 10.0. The zero-order chi connectivity index (χ0) is 13.7. The summed E-state index contributed by atoms with van der Waals surface area (Å²) >= 11 is 3.40. The Hall–Kier alpha value is -0.580. The van der Waals surface area contributed by atoms with Crippen molar-refractivity contribution in [2.75, 3.05) is 13.2 Å². The molecule has 0 bridgehead atoms. The highest BCUT2D eigenvalue weighted by Gasteiger charge is 2.24. The predicted molar refractivity (Wildman–Crippen MR) is 78.6 cm³/mol. The van der Waals surface area contributed by atoms with Crippen LogP contribution in [0.1, 0.15) is 26.7 Å². The molecule has 0 aliphatic carbocycles. The van der Waals surface area contributed by atoms with Crippen LogP contribution in [0.25, 0.3) is 0 Å². The van der Waals surface area contributed by atoms with Crippen molar-refractivity contribution in [3.8, 4) is 5.75 Å². The van der Waals surface area contributed by atoms with E-state index >= 15 is 0 Å². The van der Waals surface area contributed by atoms with Crippen LogP contribution >= 0.6 is 15.9 Å². The summed E-state index contributed by atoms with van der Waals surface area (Å²) in [6, 6.07) is 7.83. The zero-order valence-electron chi connectivity index (χ0n) is 11.5. The van der Waals surface area contributed by atoms with Crippen LogP contribution in [0.4, 0.5) is 0 Å². The molecule has 2 rings (SSSR count). The Labute approximate surface area is 123 Å². The molecule has 0 amide bonds. The third kappa shape index (κ3) is 5.13. The molecule has 2 atom stereocenters. The van der Waals surface area contributed by atoms with Crippen molar-refractivity contribution >= 4 is 15.9 Å². The van der Waals surface area contributed by atoms with Gasteiger partial charge in [-0.15, -0.1) is 0 Å². The van der Waals surface area contributed by atoms with Crippen molar-refractivity contribution in [2.24, 2.45) is 0 Å². The molecule has 1 aliphatic rings. The van der Waals surface area contributed by atoms with E-state index in [2.05, 4.69) is 29.8 Å². The van der Waals surface area contributed by atoms with Gasteiger partial charge in [-0.3, -0.25) is 0 Å². The fraction of sp³-hybridized carbons (Fsp3) is 0.600. The number of rotatable bonds is 5. The van der Waals surface area contributed by atoms with E-state index in [1.165, 1.54) is 0 Å². The molecule has 1 fully saturated rings. The van der Waals surface area contributed by atoms with E-state index in [9.17, 15) is 0 Å². The minimum absolute atomic E-state index is 0.293. The van der Waals surface area contributed by atoms with Gasteiger partial charge < -0.3 is 14.2 Å². The SMILES string of the molecule is CC1CC(OCCOc2ccc(Br)cc2)CC(C)O1. The molecule has 0 aromatic heterocycles. The molecule has 1 aromatic rings. The van der Waals surface area contributed by atoms with E-state index in [-0.39, 0.29) is 0 Å². The smallest absolute Gasteiger partial charge is 0.119 e. The van der Waals surface area contributed by atoms with Crippen molar-refractivity contribution in [3.05, 3.63) is 28.7 Å². The molecule has 4 heteroatoms. The van der Waals surface area contributed by atoms with Gasteiger partial charge in [0.05, 0.1) is 24.9 Å². The molecular formula is C15H21BrO3. The number of halogens is 1. The molecular weight excluding hydrogens is 308 g/mol. The normalized spacial score (nSPS) is 27.2. The van der Waals surface area contributed by atoms with Crippen LogP contribution in [-0.4, -0.2) is 31.5 Å². The van der Waals surface area contributed by atoms with Crippen molar-refractivity contribution in [3.63, 3.8) is 0 Å². The third-order valence-electron chi connectivity index (χ3n) is 3.17. The molecule has 3 nitrogen and oxygen atoms in total. The summed E-state index contributed by atoms with van der Waals surface area (Å²) in [6.45, 7) is 5.41. The second kappa shape index (κ2) is 7.27. The van der Waals surface area contributed by atoms with Crippen molar-refractivity contribution in [1.82, 2.24) is 0 Å². The Kier molecular flexibility index (Phi) is 5.67. The van der Waals surface area contributed by atoms with Gasteiger partial charge in [-0.1, -0.05) is 15.9 Å². The average Bonchev–Trinajstić information content (AvgIpc) is 2.36. The topological polar surface area (TPSA) is 27.7 Å². The molecule has 2 unspecified atom stereocenters. The van der Waals surface area contributed by atoms with E-state index in [1.54, 1.807) is 0 Å². The average molecular weight is 329 g/mol. The highest BCUT2D eigenvalue weighted by molar-refractivity contribution is 9.10. The lowest BCUT2D eigenvalue weighted by Gasteiger charge is -2.31. The molecule has 1 heterocycles. The second-order valence-electron chi connectivity index (χ2n) is 5.02. The summed E-state index contributed by atoms with van der Waals surface area (Å²) < 4.78 is 18.2. The quantitative estimate of drug-likeness (QED) is 0.769. The van der Waals surface area contributed by atoms with E-state index in [1.807, 2.05) is 24.3 Å². The van der Waals surface area contributed by atoms with Crippen LogP contribution in [0.5, 0.6) is 5.75 Å². The van der Waals surface area contributed by atoms with Gasteiger partial charge in [0.2, 0.25) is 0 Å². The number of hydrogen-bond acceptors (Lipinski definition) is 3. The Morgan fingerprint density at radius 2 is 1.74 bits per heavy atom. The molecule has 1 aliphatic heterocycles. The predicted octanol–water partition coefficient (Wildman–Crippen LogP) is 3.80. The van der Waals surface area contributed by atoms with Crippen LogP contribution in [0.2, 0.25) is 0 Å². The van der Waals surface area contributed by atoms with Crippen LogP contribution in [0.3, 0.4) is 0 Å². The molecule has 106 valence electrons. The van der Waals surface area contributed by atoms with Crippen molar-refractivity contribution in [2.45, 2.75) is 45.0 Å². The Morgan fingerprint density at radius 1 is 1.11 bits per heavy atom. The summed E-state index contributed by atoms with van der Waals surface area (Å²) in [5.74, 6) is 0.875. The molecule has 1 saturated heterocycles. The van der Waals surface area contributed by atoms with E-state index in [0.717, 1.165) is 23.1 Å². The first-order chi connectivity index (χ1) is 9.13. The number of benzene rings is 1. The standard InChI is InChI=1S/C15H21BrO3/c1-11-9-15(10-12(2)19-11)18-8-7-17-14-5-3-13(16)4-6-14/h3-6,11-12,15H,7-10H2,1-2H3. The Balaban J connectivity index is 1.65. The van der Waals surface area contributed by atoms with E-state index < -0.39 is 0 Å². The highest BCUT2D eigenvalue weighted by atomic mass is 79.9. The minimum Gasteiger partial charge on any atom is -0.491 e. The van der Waals surface area contributed by atoms with Crippen LogP contribution in [0, 0.1) is 0 Å². The Bertz CT molecular complexity index is 369. The maximum atomic E-state index is 5.85. The van der Waals surface area contributed by atoms with Crippen LogP contribution in [-0.2, 0) is 9.47 Å². The van der Waals surface area contributed by atoms with Crippen LogP contribution < -0.4 is 4.74 Å². The summed E-state index contributed by atoms with van der Waals surface area (Å²) in [7, 11) is 0. The fourth-order valence-electron chi connectivity index (χ4n) is 2.39. The monoisotopic (exact) mass is 328 g/mol. The summed E-state index contributed by atoms with van der Waals surface area (Å²) in [6.07, 6.45) is 2.83. The first-order valence-electron chi connectivity index (χ1n) is 6.79.